The molecule has 0 aromatic heterocycles. The molecule has 5 rings (SSSR count). The van der Waals surface area contributed by atoms with E-state index in [1.165, 1.54) is 55.6 Å². The van der Waals surface area contributed by atoms with Crippen LogP contribution in [-0.4, -0.2) is 26.4 Å². The van der Waals surface area contributed by atoms with E-state index in [-0.39, 0.29) is 0 Å². The van der Waals surface area contributed by atoms with E-state index in [0.29, 0.717) is 26.4 Å². The molecule has 0 radical (unpaired) electrons. The van der Waals surface area contributed by atoms with Gasteiger partial charge in [0.25, 0.3) is 0 Å². The molecule has 0 spiro atoms. The fraction of sp³-hybridized carbons (Fsp3) is 0.429. The van der Waals surface area contributed by atoms with Gasteiger partial charge >= 0.3 is 0 Å². The van der Waals surface area contributed by atoms with E-state index in [1.807, 2.05) is 0 Å². The fourth-order valence-electron chi connectivity index (χ4n) is 6.56. The zero-order chi connectivity index (χ0) is 33.9. The van der Waals surface area contributed by atoms with Crippen molar-refractivity contribution in [3.05, 3.63) is 116 Å². The number of hydrogen-bond donors (Lipinski definition) is 0. The molecule has 48 heavy (non-hydrogen) atoms. The second-order valence-corrected chi connectivity index (χ2v) is 13.7. The molecular formula is C42H50Br2O4. The minimum Gasteiger partial charge on any atom is -0.494 e. The first kappa shape index (κ1) is 36.3. The molecule has 4 nitrogen and oxygen atoms in total. The molecule has 0 atom stereocenters. The normalized spacial score (nSPS) is 12.5. The van der Waals surface area contributed by atoms with Gasteiger partial charge in [0.2, 0.25) is 0 Å². The maximum absolute atomic E-state index is 6.64. The molecule has 0 heterocycles. The smallest absolute Gasteiger partial charge is 0.126 e. The SMILES string of the molecule is CCCOc1cc2c(OCCC)c(c1)Cc1cccc(c1CBr)Cc1cc(OCCC)cc(c1OCCC)Cc1cccc(c1CBr)C2. The number of hydrogen-bond acceptors (Lipinski definition) is 4. The van der Waals surface area contributed by atoms with Crippen molar-refractivity contribution in [3.8, 4) is 23.0 Å². The summed E-state index contributed by atoms with van der Waals surface area (Å²) in [4.78, 5) is 0. The van der Waals surface area contributed by atoms with Crippen LogP contribution in [-0.2, 0) is 36.3 Å². The summed E-state index contributed by atoms with van der Waals surface area (Å²) < 4.78 is 25.9. The summed E-state index contributed by atoms with van der Waals surface area (Å²) in [5, 5.41) is 1.51. The van der Waals surface area contributed by atoms with Crippen LogP contribution >= 0.6 is 31.9 Å². The molecule has 0 saturated heterocycles. The summed E-state index contributed by atoms with van der Waals surface area (Å²) in [5.74, 6) is 3.80. The number of rotatable bonds is 14. The number of halogens is 2. The van der Waals surface area contributed by atoms with Crippen LogP contribution in [0.3, 0.4) is 0 Å². The monoisotopic (exact) mass is 776 g/mol. The Kier molecular flexibility index (Phi) is 13.7. The van der Waals surface area contributed by atoms with Crippen molar-refractivity contribution >= 4 is 31.9 Å². The molecule has 4 aromatic rings. The first-order valence-corrected chi connectivity index (χ1v) is 19.9. The van der Waals surface area contributed by atoms with Crippen LogP contribution < -0.4 is 18.9 Å². The van der Waals surface area contributed by atoms with Gasteiger partial charge in [-0.3, -0.25) is 0 Å². The van der Waals surface area contributed by atoms with Gasteiger partial charge in [-0.25, -0.2) is 0 Å². The first-order chi connectivity index (χ1) is 23.5. The number of fused-ring (bicyclic) bond motifs is 8. The van der Waals surface area contributed by atoms with Crippen molar-refractivity contribution < 1.29 is 18.9 Å². The van der Waals surface area contributed by atoms with E-state index in [1.54, 1.807) is 0 Å². The molecule has 6 heteroatoms. The highest BCUT2D eigenvalue weighted by Crippen LogP contribution is 2.39. The van der Waals surface area contributed by atoms with E-state index in [9.17, 15) is 0 Å². The van der Waals surface area contributed by atoms with Crippen molar-refractivity contribution in [2.45, 2.75) is 89.7 Å². The zero-order valence-electron chi connectivity index (χ0n) is 29.1. The lowest BCUT2D eigenvalue weighted by atomic mass is 9.88. The maximum atomic E-state index is 6.64. The summed E-state index contributed by atoms with van der Waals surface area (Å²) >= 11 is 7.78. The molecule has 0 amide bonds. The molecule has 1 aliphatic rings. The van der Waals surface area contributed by atoms with Gasteiger partial charge in [-0.15, -0.1) is 0 Å². The van der Waals surface area contributed by atoms with Gasteiger partial charge in [-0.1, -0.05) is 96.0 Å². The van der Waals surface area contributed by atoms with Crippen molar-refractivity contribution in [1.82, 2.24) is 0 Å². The van der Waals surface area contributed by atoms with Crippen LogP contribution in [0.5, 0.6) is 23.0 Å². The largest absolute Gasteiger partial charge is 0.494 e. The minimum atomic E-state index is 0.670. The summed E-state index contributed by atoms with van der Waals surface area (Å²) in [6, 6.07) is 22.3. The third kappa shape index (κ3) is 8.79. The van der Waals surface area contributed by atoms with Crippen LogP contribution in [0.1, 0.15) is 109 Å². The third-order valence-electron chi connectivity index (χ3n) is 8.81. The Labute approximate surface area is 304 Å². The Morgan fingerprint density at radius 1 is 0.438 bits per heavy atom. The molecule has 8 bridgehead atoms. The van der Waals surface area contributed by atoms with Gasteiger partial charge < -0.3 is 18.9 Å². The topological polar surface area (TPSA) is 36.9 Å². The molecular weight excluding hydrogens is 728 g/mol. The van der Waals surface area contributed by atoms with Gasteiger partial charge in [-0.05, 0) is 83.3 Å². The second-order valence-electron chi connectivity index (χ2n) is 12.6. The number of benzene rings is 4. The van der Waals surface area contributed by atoms with Crippen LogP contribution in [0.2, 0.25) is 0 Å². The van der Waals surface area contributed by atoms with Crippen LogP contribution in [0, 0.1) is 0 Å². The highest BCUT2D eigenvalue weighted by atomic mass is 79.9. The van der Waals surface area contributed by atoms with Crippen LogP contribution in [0.15, 0.2) is 60.7 Å². The quantitative estimate of drug-likeness (QED) is 0.105. The lowest BCUT2D eigenvalue weighted by Gasteiger charge is -2.23. The summed E-state index contributed by atoms with van der Waals surface area (Å²) in [6.07, 6.45) is 6.81. The maximum Gasteiger partial charge on any atom is 0.126 e. The van der Waals surface area contributed by atoms with Crippen molar-refractivity contribution in [2.24, 2.45) is 0 Å². The highest BCUT2D eigenvalue weighted by Gasteiger charge is 2.22. The summed E-state index contributed by atoms with van der Waals surface area (Å²) in [7, 11) is 0. The Hall–Kier alpha value is -2.96. The molecule has 4 aromatic carbocycles. The fourth-order valence-corrected chi connectivity index (χ4v) is 8.00. The Balaban J connectivity index is 1.79. The molecule has 0 N–H and O–H groups in total. The number of ether oxygens (including phenoxy) is 4. The average molecular weight is 779 g/mol. The summed E-state index contributed by atoms with van der Waals surface area (Å²) in [6.45, 7) is 11.3. The predicted octanol–water partition coefficient (Wildman–Crippen LogP) is 11.3. The second kappa shape index (κ2) is 18.2. The Morgan fingerprint density at radius 2 is 0.729 bits per heavy atom. The van der Waals surface area contributed by atoms with Gasteiger partial charge in [0.15, 0.2) is 0 Å². The first-order valence-electron chi connectivity index (χ1n) is 17.7. The number of alkyl halides is 2. The van der Waals surface area contributed by atoms with E-state index in [0.717, 1.165) is 85.0 Å². The zero-order valence-corrected chi connectivity index (χ0v) is 32.2. The Morgan fingerprint density at radius 3 is 1.00 bits per heavy atom. The van der Waals surface area contributed by atoms with Crippen molar-refractivity contribution in [1.29, 1.82) is 0 Å². The minimum absolute atomic E-state index is 0.670. The molecule has 0 fully saturated rings. The van der Waals surface area contributed by atoms with E-state index < -0.39 is 0 Å². The molecule has 0 saturated carbocycles. The van der Waals surface area contributed by atoms with Gasteiger partial charge in [-0.2, -0.15) is 0 Å². The molecule has 1 aliphatic carbocycles. The molecule has 256 valence electrons. The standard InChI is InChI=1S/C42H50Br2O4/c1-5-15-45-37-23-33-19-29-11-9-13-31(39(29)27-43)21-35-25-38(46-16-6-2)26-36(42(35)48-18-8-4)22-32-14-10-12-30(40(32)28-44)20-34(24-37)41(33)47-17-7-3/h9-14,23-26H,5-8,15-22,27-28H2,1-4H3. The lowest BCUT2D eigenvalue weighted by molar-refractivity contribution is 0.303. The van der Waals surface area contributed by atoms with E-state index in [2.05, 4.69) is 120 Å². The summed E-state index contributed by atoms with van der Waals surface area (Å²) in [5.41, 5.74) is 12.4. The van der Waals surface area contributed by atoms with E-state index >= 15 is 0 Å². The van der Waals surface area contributed by atoms with E-state index in [4.69, 9.17) is 18.9 Å². The van der Waals surface area contributed by atoms with Gasteiger partial charge in [0, 0.05) is 58.6 Å². The van der Waals surface area contributed by atoms with Crippen LogP contribution in [0.25, 0.3) is 0 Å². The van der Waals surface area contributed by atoms with Gasteiger partial charge in [0.05, 0.1) is 26.4 Å². The highest BCUT2D eigenvalue weighted by molar-refractivity contribution is 9.08. The Bertz CT molecular complexity index is 1450. The lowest BCUT2D eigenvalue weighted by Crippen LogP contribution is -2.10. The van der Waals surface area contributed by atoms with Crippen molar-refractivity contribution in [2.75, 3.05) is 26.4 Å². The third-order valence-corrected chi connectivity index (χ3v) is 9.93. The van der Waals surface area contributed by atoms with Crippen LogP contribution in [0.4, 0.5) is 0 Å². The molecule has 0 aliphatic heterocycles. The molecule has 0 unspecified atom stereocenters. The van der Waals surface area contributed by atoms with Gasteiger partial charge in [0.1, 0.15) is 23.0 Å². The average Bonchev–Trinajstić information content (AvgIpc) is 3.09. The van der Waals surface area contributed by atoms with Crippen molar-refractivity contribution in [3.63, 3.8) is 0 Å². The predicted molar refractivity (Wildman–Crippen MR) is 205 cm³/mol.